The van der Waals surface area contributed by atoms with Crippen molar-refractivity contribution in [2.24, 2.45) is 0 Å². The molecule has 0 atom stereocenters. The highest BCUT2D eigenvalue weighted by Gasteiger charge is 2.28. The molecule has 13 aromatic rings. The Labute approximate surface area is 496 Å². The maximum absolute atomic E-state index is 15.8. The highest BCUT2D eigenvalue weighted by atomic mass is 19.1. The Morgan fingerprint density at radius 3 is 1.38 bits per heavy atom. The maximum atomic E-state index is 15.8. The number of halogens is 2. The van der Waals surface area contributed by atoms with Crippen molar-refractivity contribution >= 4 is 32.8 Å². The van der Waals surface area contributed by atoms with E-state index < -0.39 is 11.6 Å². The molecule has 11 aromatic carbocycles. The highest BCUT2D eigenvalue weighted by Crippen LogP contribution is 2.45. The van der Waals surface area contributed by atoms with Crippen molar-refractivity contribution < 1.29 is 13.5 Å². The van der Waals surface area contributed by atoms with Crippen molar-refractivity contribution in [2.45, 2.75) is 79.1 Å². The second-order valence-electron chi connectivity index (χ2n) is 23.6. The summed E-state index contributed by atoms with van der Waals surface area (Å²) >= 11 is 0. The smallest absolute Gasteiger partial charge is 0.145 e. The van der Waals surface area contributed by atoms with Gasteiger partial charge in [-0.05, 0) is 175 Å². The van der Waals surface area contributed by atoms with Crippen LogP contribution in [0.5, 0.6) is 11.5 Å². The summed E-state index contributed by atoms with van der Waals surface area (Å²) in [5.74, 6) is 2.07. The molecular formula is C78H66F2N4O. The van der Waals surface area contributed by atoms with Gasteiger partial charge in [-0.3, -0.25) is 9.13 Å². The first-order chi connectivity index (χ1) is 41.3. The molecule has 5 nitrogen and oxygen atoms in total. The average molecular weight is 1110 g/mol. The van der Waals surface area contributed by atoms with Crippen LogP contribution in [-0.4, -0.2) is 19.1 Å². The van der Waals surface area contributed by atoms with E-state index in [2.05, 4.69) is 228 Å². The molecule has 0 saturated carbocycles. The lowest BCUT2D eigenvalue weighted by atomic mass is 9.87. The fourth-order valence-corrected chi connectivity index (χ4v) is 12.3. The van der Waals surface area contributed by atoms with Crippen LogP contribution in [-0.2, 0) is 0 Å². The van der Waals surface area contributed by atoms with Gasteiger partial charge < -0.3 is 4.74 Å². The minimum Gasteiger partial charge on any atom is -0.457 e. The molecule has 0 amide bonds. The molecule has 0 N–H and O–H groups in total. The number of aromatic nitrogens is 4. The van der Waals surface area contributed by atoms with E-state index in [4.69, 9.17) is 14.7 Å². The molecule has 0 bridgehead atoms. The summed E-state index contributed by atoms with van der Waals surface area (Å²) in [6, 6.07) is 78.0. The standard InChI is InChI=1S/C78H66F2N4O/c1-47(2)63-41-58(52-23-13-10-14-24-52)42-64(48(3)4)75(63)83-71-32-18-17-31-69(71)81-77(83)57-26-19-27-61(40-57)85-73-46-60(39-55-25-15-16-28-62(55)73)78-82-70-38-37-56(74-67(79)29-20-30-68(74)80)45-72(70)84(78)76-65(49(5)6)43-59(44-66(76)50(7)8)54-35-33-53(34-36-54)51-21-11-9-12-22-51/h9-50H,1-8H3. The normalized spacial score (nSPS) is 11.8. The summed E-state index contributed by atoms with van der Waals surface area (Å²) < 4.78 is 43.4. The van der Waals surface area contributed by atoms with Crippen LogP contribution in [0.4, 0.5) is 8.78 Å². The summed E-state index contributed by atoms with van der Waals surface area (Å²) in [5, 5.41) is 1.89. The summed E-state index contributed by atoms with van der Waals surface area (Å²) in [7, 11) is 0. The number of para-hydroxylation sites is 2. The van der Waals surface area contributed by atoms with Crippen LogP contribution in [0.2, 0.25) is 0 Å². The van der Waals surface area contributed by atoms with Crippen LogP contribution in [0.3, 0.4) is 0 Å². The Balaban J connectivity index is 0.983. The number of benzene rings is 11. The molecule has 2 heterocycles. The van der Waals surface area contributed by atoms with Crippen molar-refractivity contribution in [1.82, 2.24) is 19.1 Å². The third-order valence-corrected chi connectivity index (χ3v) is 16.6. The van der Waals surface area contributed by atoms with Gasteiger partial charge in [-0.2, -0.15) is 0 Å². The lowest BCUT2D eigenvalue weighted by molar-refractivity contribution is 0.488. The lowest BCUT2D eigenvalue weighted by Gasteiger charge is -2.25. The summed E-state index contributed by atoms with van der Waals surface area (Å²) in [6.07, 6.45) is 0. The predicted molar refractivity (Wildman–Crippen MR) is 349 cm³/mol. The molecule has 0 spiro atoms. The average Bonchev–Trinajstić information content (AvgIpc) is 2.58. The third kappa shape index (κ3) is 10.2. The van der Waals surface area contributed by atoms with E-state index in [1.165, 1.54) is 46.0 Å². The largest absolute Gasteiger partial charge is 0.457 e. The van der Waals surface area contributed by atoms with Gasteiger partial charge >= 0.3 is 0 Å². The zero-order valence-corrected chi connectivity index (χ0v) is 49.2. The van der Waals surface area contributed by atoms with Crippen LogP contribution in [0.15, 0.2) is 231 Å². The van der Waals surface area contributed by atoms with Crippen LogP contribution < -0.4 is 4.74 Å². The molecule has 0 saturated heterocycles. The predicted octanol–water partition coefficient (Wildman–Crippen LogP) is 22.1. The fraction of sp³-hybridized carbons (Fsp3) is 0.154. The van der Waals surface area contributed by atoms with Gasteiger partial charge in [0.15, 0.2) is 0 Å². The number of ether oxygens (including phenoxy) is 1. The van der Waals surface area contributed by atoms with Crippen LogP contribution in [0.1, 0.15) is 101 Å². The number of hydrogen-bond donors (Lipinski definition) is 0. The van der Waals surface area contributed by atoms with Gasteiger partial charge in [-0.25, -0.2) is 18.7 Å². The SMILES string of the molecule is CC(C)c1cc(-c2ccccc2)cc(C(C)C)c1-n1c(-c2cccc(Oc3cc(-c4nc5ccc(-c6c(F)cccc6F)cc5n4-c4c(C(C)C)cc(-c5ccc(-c6ccccc6)cc5)cc4C(C)C)cc4ccccc34)c2)nc2ccccc21. The first-order valence-electron chi connectivity index (χ1n) is 29.6. The quantitative estimate of drug-likeness (QED) is 0.109. The Hall–Kier alpha value is -9.72. The zero-order valence-electron chi connectivity index (χ0n) is 49.2. The first-order valence-corrected chi connectivity index (χ1v) is 29.6. The molecular weight excluding hydrogens is 1050 g/mol. The van der Waals surface area contributed by atoms with E-state index in [-0.39, 0.29) is 29.2 Å². The molecule has 0 fully saturated rings. The number of nitrogens with zero attached hydrogens (tertiary/aromatic N) is 4. The van der Waals surface area contributed by atoms with Crippen molar-refractivity contribution in [3.8, 4) is 90.2 Å². The van der Waals surface area contributed by atoms with Crippen molar-refractivity contribution in [1.29, 1.82) is 0 Å². The van der Waals surface area contributed by atoms with Crippen LogP contribution >= 0.6 is 0 Å². The Kier molecular flexibility index (Phi) is 14.4. The van der Waals surface area contributed by atoms with Gasteiger partial charge in [-0.15, -0.1) is 0 Å². The number of fused-ring (bicyclic) bond motifs is 3. The van der Waals surface area contributed by atoms with E-state index >= 15 is 8.78 Å². The maximum Gasteiger partial charge on any atom is 0.145 e. The first kappa shape index (κ1) is 54.5. The molecule has 0 aliphatic carbocycles. The molecule has 85 heavy (non-hydrogen) atoms. The van der Waals surface area contributed by atoms with Crippen molar-refractivity contribution in [3.05, 3.63) is 264 Å². The molecule has 0 aliphatic rings. The van der Waals surface area contributed by atoms with E-state index in [1.807, 2.05) is 42.5 Å². The van der Waals surface area contributed by atoms with E-state index in [1.54, 1.807) is 6.07 Å². The van der Waals surface area contributed by atoms with Gasteiger partial charge in [-0.1, -0.05) is 201 Å². The number of rotatable bonds is 14. The second-order valence-corrected chi connectivity index (χ2v) is 23.6. The molecule has 0 aliphatic heterocycles. The highest BCUT2D eigenvalue weighted by molar-refractivity contribution is 5.95. The van der Waals surface area contributed by atoms with E-state index in [0.29, 0.717) is 28.4 Å². The molecule has 7 heteroatoms. The van der Waals surface area contributed by atoms with Gasteiger partial charge in [0.2, 0.25) is 0 Å². The lowest BCUT2D eigenvalue weighted by Crippen LogP contribution is -2.09. The second kappa shape index (κ2) is 22.5. The summed E-state index contributed by atoms with van der Waals surface area (Å²) in [6.45, 7) is 18.0. The Bertz CT molecular complexity index is 4570. The fourth-order valence-electron chi connectivity index (χ4n) is 12.3. The monoisotopic (exact) mass is 1110 g/mol. The Morgan fingerprint density at radius 1 is 0.341 bits per heavy atom. The van der Waals surface area contributed by atoms with Gasteiger partial charge in [0.1, 0.15) is 34.8 Å². The van der Waals surface area contributed by atoms with Gasteiger partial charge in [0.05, 0.1) is 39.0 Å². The van der Waals surface area contributed by atoms with E-state index in [0.717, 1.165) is 83.5 Å². The number of imidazole rings is 2. The third-order valence-electron chi connectivity index (χ3n) is 16.6. The molecule has 13 rings (SSSR count). The van der Waals surface area contributed by atoms with Gasteiger partial charge in [0.25, 0.3) is 0 Å². The molecule has 418 valence electrons. The molecule has 2 aromatic heterocycles. The van der Waals surface area contributed by atoms with E-state index in [9.17, 15) is 0 Å². The minimum atomic E-state index is -0.630. The summed E-state index contributed by atoms with van der Waals surface area (Å²) in [4.78, 5) is 10.9. The minimum absolute atomic E-state index is 0.0621. The van der Waals surface area contributed by atoms with Crippen LogP contribution in [0.25, 0.3) is 111 Å². The molecule has 0 unspecified atom stereocenters. The number of hydrogen-bond acceptors (Lipinski definition) is 3. The van der Waals surface area contributed by atoms with Crippen LogP contribution in [0, 0.1) is 11.6 Å². The Morgan fingerprint density at radius 2 is 0.788 bits per heavy atom. The topological polar surface area (TPSA) is 44.9 Å². The molecule has 0 radical (unpaired) electrons. The van der Waals surface area contributed by atoms with Gasteiger partial charge in [0, 0.05) is 16.5 Å². The van der Waals surface area contributed by atoms with Crippen molar-refractivity contribution in [3.63, 3.8) is 0 Å². The summed E-state index contributed by atoms with van der Waals surface area (Å²) in [5.41, 5.74) is 19.2. The zero-order chi connectivity index (χ0) is 58.6. The van der Waals surface area contributed by atoms with Crippen molar-refractivity contribution in [2.75, 3.05) is 0 Å².